The van der Waals surface area contributed by atoms with Gasteiger partial charge in [0.15, 0.2) is 17.5 Å². The van der Waals surface area contributed by atoms with Gasteiger partial charge in [0.05, 0.1) is 26.3 Å². The summed E-state index contributed by atoms with van der Waals surface area (Å²) in [6, 6.07) is 6.36. The second-order valence-corrected chi connectivity index (χ2v) is 6.40. The van der Waals surface area contributed by atoms with Crippen LogP contribution < -0.4 is 25.3 Å². The van der Waals surface area contributed by atoms with Gasteiger partial charge in [-0.25, -0.2) is 4.98 Å². The molecular weight excluding hydrogens is 425 g/mol. The number of guanidine groups is 1. The Morgan fingerprint density at radius 1 is 1.20 bits per heavy atom. The standard InChI is InChI=1S/C19H22ClF3N4O3/c1-28-15-4-3-12(9-16(15)29-2)5-6-25-18(24)26-7-8-30-17-14(20)10-13(11-27-17)19(21,22)23/h3-4,9-11H,5-8H2,1-2H3,(H3,24,25,26). The molecule has 2 aromatic rings. The Bertz CT molecular complexity index is 879. The minimum Gasteiger partial charge on any atom is -0.493 e. The van der Waals surface area contributed by atoms with Gasteiger partial charge in [0.2, 0.25) is 5.88 Å². The highest BCUT2D eigenvalue weighted by Crippen LogP contribution is 2.33. The van der Waals surface area contributed by atoms with E-state index in [1.54, 1.807) is 14.2 Å². The van der Waals surface area contributed by atoms with Crippen LogP contribution in [0.2, 0.25) is 5.02 Å². The highest BCUT2D eigenvalue weighted by atomic mass is 35.5. The lowest BCUT2D eigenvalue weighted by atomic mass is 10.1. The van der Waals surface area contributed by atoms with E-state index in [0.29, 0.717) is 30.7 Å². The maximum atomic E-state index is 12.6. The predicted octanol–water partition coefficient (Wildman–Crippen LogP) is 3.30. The van der Waals surface area contributed by atoms with Gasteiger partial charge in [-0.1, -0.05) is 17.7 Å². The number of nitrogens with two attached hydrogens (primary N) is 1. The Kier molecular flexibility index (Phi) is 8.40. The lowest BCUT2D eigenvalue weighted by Crippen LogP contribution is -2.35. The topological polar surface area (TPSA) is 91.0 Å². The number of hydrogen-bond acceptors (Lipinski definition) is 5. The number of rotatable bonds is 9. The van der Waals surface area contributed by atoms with Crippen molar-refractivity contribution < 1.29 is 27.4 Å². The van der Waals surface area contributed by atoms with Crippen LogP contribution in [-0.2, 0) is 12.6 Å². The molecule has 0 aliphatic rings. The van der Waals surface area contributed by atoms with Crippen molar-refractivity contribution in [2.75, 3.05) is 33.9 Å². The van der Waals surface area contributed by atoms with E-state index in [2.05, 4.69) is 15.3 Å². The van der Waals surface area contributed by atoms with Crippen LogP contribution in [0.4, 0.5) is 13.2 Å². The van der Waals surface area contributed by atoms with E-state index in [-0.39, 0.29) is 30.0 Å². The molecule has 1 aromatic carbocycles. The summed E-state index contributed by atoms with van der Waals surface area (Å²) in [6.45, 7) is 0.802. The van der Waals surface area contributed by atoms with Crippen molar-refractivity contribution in [3.8, 4) is 17.4 Å². The predicted molar refractivity (Wildman–Crippen MR) is 107 cm³/mol. The lowest BCUT2D eigenvalue weighted by Gasteiger charge is -2.11. The molecule has 0 aliphatic carbocycles. The molecule has 7 nitrogen and oxygen atoms in total. The van der Waals surface area contributed by atoms with Crippen LogP contribution in [0, 0.1) is 0 Å². The summed E-state index contributed by atoms with van der Waals surface area (Å²) in [5.74, 6) is 1.41. The fraction of sp³-hybridized carbons (Fsp3) is 0.368. The average Bonchev–Trinajstić information content (AvgIpc) is 2.71. The molecule has 30 heavy (non-hydrogen) atoms. The smallest absolute Gasteiger partial charge is 0.417 e. The first kappa shape index (κ1) is 23.4. The highest BCUT2D eigenvalue weighted by Gasteiger charge is 2.31. The Labute approximate surface area is 177 Å². The van der Waals surface area contributed by atoms with Crippen molar-refractivity contribution in [1.29, 1.82) is 0 Å². The molecule has 0 spiro atoms. The second kappa shape index (κ2) is 10.8. The Balaban J connectivity index is 1.76. The van der Waals surface area contributed by atoms with Crippen molar-refractivity contribution in [3.63, 3.8) is 0 Å². The fourth-order valence-corrected chi connectivity index (χ4v) is 2.63. The van der Waals surface area contributed by atoms with Gasteiger partial charge in [0, 0.05) is 12.7 Å². The normalized spacial score (nSPS) is 11.9. The van der Waals surface area contributed by atoms with Crippen LogP contribution in [0.3, 0.4) is 0 Å². The second-order valence-electron chi connectivity index (χ2n) is 5.99. The van der Waals surface area contributed by atoms with Gasteiger partial charge in [-0.2, -0.15) is 13.2 Å². The van der Waals surface area contributed by atoms with Gasteiger partial charge < -0.3 is 25.3 Å². The zero-order valence-corrected chi connectivity index (χ0v) is 17.2. The van der Waals surface area contributed by atoms with Gasteiger partial charge in [0.25, 0.3) is 0 Å². The molecule has 0 atom stereocenters. The Morgan fingerprint density at radius 3 is 2.57 bits per heavy atom. The molecule has 0 saturated heterocycles. The van der Waals surface area contributed by atoms with Crippen LogP contribution in [0.15, 0.2) is 35.5 Å². The van der Waals surface area contributed by atoms with Crippen molar-refractivity contribution in [2.24, 2.45) is 10.7 Å². The van der Waals surface area contributed by atoms with Crippen LogP contribution in [0.5, 0.6) is 17.4 Å². The SMILES string of the molecule is COc1ccc(CCN=C(N)NCCOc2ncc(C(F)(F)F)cc2Cl)cc1OC. The molecule has 3 N–H and O–H groups in total. The zero-order chi connectivity index (χ0) is 22.1. The number of methoxy groups -OCH3 is 2. The quantitative estimate of drug-likeness (QED) is 0.349. The van der Waals surface area contributed by atoms with Gasteiger partial charge >= 0.3 is 6.18 Å². The number of alkyl halides is 3. The summed E-state index contributed by atoms with van der Waals surface area (Å²) in [4.78, 5) is 7.80. The van der Waals surface area contributed by atoms with E-state index in [1.165, 1.54) is 0 Å². The van der Waals surface area contributed by atoms with Gasteiger partial charge in [-0.05, 0) is 30.2 Å². The molecule has 0 fully saturated rings. The zero-order valence-electron chi connectivity index (χ0n) is 16.4. The molecule has 0 radical (unpaired) electrons. The fourth-order valence-electron chi connectivity index (χ4n) is 2.41. The monoisotopic (exact) mass is 446 g/mol. The van der Waals surface area contributed by atoms with Crippen LogP contribution in [0.25, 0.3) is 0 Å². The summed E-state index contributed by atoms with van der Waals surface area (Å²) in [5.41, 5.74) is 5.86. The number of pyridine rings is 1. The molecule has 0 amide bonds. The number of aliphatic imine (C=N–C) groups is 1. The number of aromatic nitrogens is 1. The summed E-state index contributed by atoms with van der Waals surface area (Å²) in [5, 5.41) is 2.62. The number of halogens is 4. The number of nitrogens with one attached hydrogen (secondary N) is 1. The average molecular weight is 447 g/mol. The van der Waals surface area contributed by atoms with Crippen molar-refractivity contribution in [3.05, 3.63) is 46.6 Å². The van der Waals surface area contributed by atoms with Crippen molar-refractivity contribution in [1.82, 2.24) is 10.3 Å². The van der Waals surface area contributed by atoms with Gasteiger partial charge in [-0.15, -0.1) is 0 Å². The molecule has 0 bridgehead atoms. The third-order valence-electron chi connectivity index (χ3n) is 3.91. The lowest BCUT2D eigenvalue weighted by molar-refractivity contribution is -0.137. The largest absolute Gasteiger partial charge is 0.493 e. The van der Waals surface area contributed by atoms with E-state index < -0.39 is 11.7 Å². The summed E-state index contributed by atoms with van der Waals surface area (Å²) in [7, 11) is 3.14. The Morgan fingerprint density at radius 2 is 1.93 bits per heavy atom. The number of ether oxygens (including phenoxy) is 3. The van der Waals surface area contributed by atoms with Crippen LogP contribution in [-0.4, -0.2) is 44.9 Å². The summed E-state index contributed by atoms with van der Waals surface area (Å²) in [6.07, 6.45) is -3.21. The van der Waals surface area contributed by atoms with Crippen molar-refractivity contribution in [2.45, 2.75) is 12.6 Å². The van der Waals surface area contributed by atoms with Gasteiger partial charge in [-0.3, -0.25) is 4.99 Å². The molecule has 0 unspecified atom stereocenters. The van der Waals surface area contributed by atoms with Crippen molar-refractivity contribution >= 4 is 17.6 Å². The third-order valence-corrected chi connectivity index (χ3v) is 4.18. The van der Waals surface area contributed by atoms with E-state index >= 15 is 0 Å². The minimum absolute atomic E-state index is 0.0873. The Hall–Kier alpha value is -2.88. The molecule has 1 heterocycles. The maximum absolute atomic E-state index is 12.6. The number of hydrogen-bond donors (Lipinski definition) is 2. The van der Waals surface area contributed by atoms with E-state index in [4.69, 9.17) is 31.5 Å². The molecule has 0 aliphatic heterocycles. The minimum atomic E-state index is -4.52. The summed E-state index contributed by atoms with van der Waals surface area (Å²) >= 11 is 5.77. The van der Waals surface area contributed by atoms with Gasteiger partial charge in [0.1, 0.15) is 11.6 Å². The van der Waals surface area contributed by atoms with Crippen LogP contribution in [0.1, 0.15) is 11.1 Å². The molecule has 164 valence electrons. The van der Waals surface area contributed by atoms with Crippen LogP contribution >= 0.6 is 11.6 Å². The molecule has 1 aromatic heterocycles. The molecule has 0 saturated carbocycles. The van der Waals surface area contributed by atoms with E-state index in [0.717, 1.165) is 11.6 Å². The molecule has 11 heteroatoms. The number of nitrogens with zero attached hydrogens (tertiary/aromatic N) is 2. The van der Waals surface area contributed by atoms with E-state index in [9.17, 15) is 13.2 Å². The third kappa shape index (κ3) is 6.87. The summed E-state index contributed by atoms with van der Waals surface area (Å²) < 4.78 is 53.5. The number of benzene rings is 1. The first-order chi connectivity index (χ1) is 14.2. The maximum Gasteiger partial charge on any atom is 0.417 e. The first-order valence-electron chi connectivity index (χ1n) is 8.84. The molecule has 2 rings (SSSR count). The first-order valence-corrected chi connectivity index (χ1v) is 9.22. The highest BCUT2D eigenvalue weighted by molar-refractivity contribution is 6.31. The molecular formula is C19H22ClF3N4O3. The van der Waals surface area contributed by atoms with E-state index in [1.807, 2.05) is 18.2 Å².